The van der Waals surface area contributed by atoms with Crippen LogP contribution in [0.4, 0.5) is 0 Å². The molecule has 7 nitrogen and oxygen atoms in total. The first kappa shape index (κ1) is 14.4. The van der Waals surface area contributed by atoms with Gasteiger partial charge in [-0.15, -0.1) is 0 Å². The minimum atomic E-state index is -3.65. The second kappa shape index (κ2) is 5.58. The van der Waals surface area contributed by atoms with E-state index in [1.165, 1.54) is 0 Å². The van der Waals surface area contributed by atoms with Crippen LogP contribution in [0.3, 0.4) is 0 Å². The van der Waals surface area contributed by atoms with Crippen molar-refractivity contribution in [3.63, 3.8) is 0 Å². The molecule has 1 aliphatic heterocycles. The lowest BCUT2D eigenvalue weighted by atomic mass is 10.0. The molecule has 0 aliphatic carbocycles. The van der Waals surface area contributed by atoms with Crippen molar-refractivity contribution in [3.8, 4) is 0 Å². The highest BCUT2D eigenvalue weighted by molar-refractivity contribution is 7.89. The van der Waals surface area contributed by atoms with Crippen LogP contribution in [0.2, 0.25) is 0 Å². The summed E-state index contributed by atoms with van der Waals surface area (Å²) in [4.78, 5) is 0. The van der Waals surface area contributed by atoms with E-state index in [2.05, 4.69) is 14.9 Å². The zero-order valence-electron chi connectivity index (χ0n) is 11.1. The zero-order valence-corrected chi connectivity index (χ0v) is 12.0. The quantitative estimate of drug-likeness (QED) is 0.699. The summed E-state index contributed by atoms with van der Waals surface area (Å²) in [6, 6.07) is -0.185. The molecular weight excluding hydrogens is 268 g/mol. The van der Waals surface area contributed by atoms with E-state index in [-0.39, 0.29) is 23.5 Å². The van der Waals surface area contributed by atoms with E-state index in [0.29, 0.717) is 24.5 Å². The van der Waals surface area contributed by atoms with Gasteiger partial charge in [0.2, 0.25) is 0 Å². The van der Waals surface area contributed by atoms with E-state index >= 15 is 0 Å². The topological polar surface area (TPSA) is 110 Å². The summed E-state index contributed by atoms with van der Waals surface area (Å²) in [6.45, 7) is 5.01. The third-order valence-corrected chi connectivity index (χ3v) is 5.04. The molecule has 0 spiro atoms. The van der Waals surface area contributed by atoms with Crippen molar-refractivity contribution in [2.24, 2.45) is 11.7 Å². The monoisotopic (exact) mass is 288 g/mol. The number of nitrogens with zero attached hydrogens (tertiary/aromatic N) is 1. The molecule has 2 unspecified atom stereocenters. The lowest BCUT2D eigenvalue weighted by Gasteiger charge is -2.18. The Morgan fingerprint density at radius 1 is 1.63 bits per heavy atom. The summed E-state index contributed by atoms with van der Waals surface area (Å²) in [5, 5.41) is 6.51. The van der Waals surface area contributed by atoms with Crippen LogP contribution < -0.4 is 10.5 Å². The maximum atomic E-state index is 12.3. The second-order valence-electron chi connectivity index (χ2n) is 4.87. The van der Waals surface area contributed by atoms with Gasteiger partial charge in [0, 0.05) is 36.4 Å². The van der Waals surface area contributed by atoms with E-state index in [0.717, 1.165) is 6.42 Å². The van der Waals surface area contributed by atoms with Crippen molar-refractivity contribution in [2.45, 2.75) is 37.9 Å². The predicted octanol–water partition coefficient (Wildman–Crippen LogP) is -0.120. The number of nitrogens with two attached hydrogens (primary N) is 1. The van der Waals surface area contributed by atoms with Crippen LogP contribution >= 0.6 is 0 Å². The number of nitrogens with one attached hydrogen (secondary N) is 2. The molecule has 1 aromatic heterocycles. The van der Waals surface area contributed by atoms with Crippen LogP contribution in [0.25, 0.3) is 0 Å². The van der Waals surface area contributed by atoms with Crippen LogP contribution in [-0.4, -0.2) is 37.9 Å². The first-order chi connectivity index (χ1) is 8.95. The van der Waals surface area contributed by atoms with Gasteiger partial charge in [-0.3, -0.25) is 5.10 Å². The molecule has 4 N–H and O–H groups in total. The molecule has 1 aliphatic rings. The fourth-order valence-corrected chi connectivity index (χ4v) is 3.76. The molecule has 1 fully saturated rings. The molecular formula is C11H20N4O3S. The molecule has 2 atom stereocenters. The molecule has 8 heteroatoms. The molecule has 0 radical (unpaired) electrons. The van der Waals surface area contributed by atoms with Crippen molar-refractivity contribution in [1.29, 1.82) is 0 Å². The van der Waals surface area contributed by atoms with Gasteiger partial charge < -0.3 is 10.5 Å². The largest absolute Gasteiger partial charge is 0.381 e. The molecule has 0 amide bonds. The molecule has 2 rings (SSSR count). The number of aromatic nitrogens is 2. The number of aryl methyl sites for hydroxylation is 1. The molecule has 0 bridgehead atoms. The fourth-order valence-electron chi connectivity index (χ4n) is 2.24. The van der Waals surface area contributed by atoms with Crippen molar-refractivity contribution in [1.82, 2.24) is 14.9 Å². The third-order valence-electron chi connectivity index (χ3n) is 3.51. The summed E-state index contributed by atoms with van der Waals surface area (Å²) in [5.41, 5.74) is 6.78. The minimum Gasteiger partial charge on any atom is -0.381 e. The fraction of sp³-hybridized carbons (Fsp3) is 0.727. The highest BCUT2D eigenvalue weighted by Gasteiger charge is 2.29. The highest BCUT2D eigenvalue weighted by atomic mass is 32.2. The lowest BCUT2D eigenvalue weighted by Crippen LogP contribution is -2.38. The summed E-state index contributed by atoms with van der Waals surface area (Å²) in [5.74, 6) is 0.205. The standard InChI is InChI=1S/C11H20N4O3S/c1-7(9-3-4-18-6-9)15-19(16,17)11-10(5-12)8(2)13-14-11/h7,9,15H,3-6,12H2,1-2H3,(H,13,14). The van der Waals surface area contributed by atoms with Gasteiger partial charge in [0.1, 0.15) is 0 Å². The second-order valence-corrected chi connectivity index (χ2v) is 6.50. The number of hydrogen-bond donors (Lipinski definition) is 3. The zero-order chi connectivity index (χ0) is 14.0. The van der Waals surface area contributed by atoms with E-state index < -0.39 is 10.0 Å². The Morgan fingerprint density at radius 2 is 2.37 bits per heavy atom. The maximum Gasteiger partial charge on any atom is 0.260 e. The predicted molar refractivity (Wildman–Crippen MR) is 69.9 cm³/mol. The van der Waals surface area contributed by atoms with E-state index in [1.54, 1.807) is 6.92 Å². The van der Waals surface area contributed by atoms with Crippen LogP contribution in [0.5, 0.6) is 0 Å². The summed E-state index contributed by atoms with van der Waals surface area (Å²) >= 11 is 0. The van der Waals surface area contributed by atoms with Crippen molar-refractivity contribution >= 4 is 10.0 Å². The number of aromatic amines is 1. The van der Waals surface area contributed by atoms with Crippen LogP contribution in [0.15, 0.2) is 5.03 Å². The van der Waals surface area contributed by atoms with E-state index in [4.69, 9.17) is 10.5 Å². The molecule has 108 valence electrons. The van der Waals surface area contributed by atoms with E-state index in [1.807, 2.05) is 6.92 Å². The van der Waals surface area contributed by atoms with Crippen molar-refractivity contribution in [3.05, 3.63) is 11.3 Å². The summed E-state index contributed by atoms with van der Waals surface area (Å²) in [7, 11) is -3.65. The average Bonchev–Trinajstić information content (AvgIpc) is 2.96. The maximum absolute atomic E-state index is 12.3. The van der Waals surface area contributed by atoms with Gasteiger partial charge in [-0.25, -0.2) is 13.1 Å². The lowest BCUT2D eigenvalue weighted by molar-refractivity contribution is 0.180. The first-order valence-corrected chi connectivity index (χ1v) is 7.78. The van der Waals surface area contributed by atoms with Gasteiger partial charge in [0.05, 0.1) is 6.61 Å². The van der Waals surface area contributed by atoms with Gasteiger partial charge in [-0.1, -0.05) is 0 Å². The Morgan fingerprint density at radius 3 is 2.95 bits per heavy atom. The Kier molecular flexibility index (Phi) is 4.24. The molecule has 19 heavy (non-hydrogen) atoms. The molecule has 1 aromatic rings. The summed E-state index contributed by atoms with van der Waals surface area (Å²) in [6.07, 6.45) is 0.868. The Bertz CT molecular complexity index is 534. The van der Waals surface area contributed by atoms with Crippen molar-refractivity contribution < 1.29 is 13.2 Å². The number of sulfonamides is 1. The highest BCUT2D eigenvalue weighted by Crippen LogP contribution is 2.20. The Balaban J connectivity index is 2.17. The van der Waals surface area contributed by atoms with E-state index in [9.17, 15) is 8.42 Å². The number of hydrogen-bond acceptors (Lipinski definition) is 5. The Hall–Kier alpha value is -0.960. The first-order valence-electron chi connectivity index (χ1n) is 6.29. The van der Waals surface area contributed by atoms with Crippen LogP contribution in [0, 0.1) is 12.8 Å². The van der Waals surface area contributed by atoms with Gasteiger partial charge in [0.15, 0.2) is 5.03 Å². The number of rotatable bonds is 5. The minimum absolute atomic E-state index is 0.00161. The normalized spacial score (nSPS) is 21.7. The smallest absolute Gasteiger partial charge is 0.260 e. The molecule has 1 saturated heterocycles. The van der Waals surface area contributed by atoms with Gasteiger partial charge in [0.25, 0.3) is 10.0 Å². The molecule has 2 heterocycles. The van der Waals surface area contributed by atoms with Crippen LogP contribution in [0.1, 0.15) is 24.6 Å². The average molecular weight is 288 g/mol. The van der Waals surface area contributed by atoms with Crippen molar-refractivity contribution in [2.75, 3.05) is 13.2 Å². The molecule has 0 aromatic carbocycles. The van der Waals surface area contributed by atoms with Gasteiger partial charge in [-0.05, 0) is 20.3 Å². The van der Waals surface area contributed by atoms with Gasteiger partial charge in [-0.2, -0.15) is 5.10 Å². The number of H-pyrrole nitrogens is 1. The SMILES string of the molecule is Cc1[nH]nc(S(=O)(=O)NC(C)C2CCOC2)c1CN. The Labute approximate surface area is 113 Å². The summed E-state index contributed by atoms with van der Waals surface area (Å²) < 4.78 is 32.5. The van der Waals surface area contributed by atoms with Gasteiger partial charge >= 0.3 is 0 Å². The number of ether oxygens (including phenoxy) is 1. The third kappa shape index (κ3) is 2.97. The molecule has 0 saturated carbocycles. The van der Waals surface area contributed by atoms with Crippen LogP contribution in [-0.2, 0) is 21.3 Å².